The molecule has 0 unspecified atom stereocenters. The number of benzene rings is 2. The Kier molecular flexibility index (Phi) is 4.87. The molecule has 0 aliphatic carbocycles. The molecule has 1 nitrogen and oxygen atoms in total. The molecular formula is C14H10BrClOS. The van der Waals surface area contributed by atoms with E-state index in [1.165, 1.54) is 11.8 Å². The standard InChI is InChI=1S/C14H10BrClOS/c15-11-7-5-10(6-8-11)13(17)9-18-14-4-2-1-3-12(14)16/h1-8H,9H2. The number of hydrogen-bond acceptors (Lipinski definition) is 2. The second-order valence-corrected chi connectivity index (χ2v) is 5.99. The Balaban J connectivity index is 2.01. The van der Waals surface area contributed by atoms with Crippen molar-refractivity contribution < 1.29 is 4.79 Å². The lowest BCUT2D eigenvalue weighted by Crippen LogP contribution is -2.01. The van der Waals surface area contributed by atoms with E-state index in [1.807, 2.05) is 48.5 Å². The van der Waals surface area contributed by atoms with Crippen LogP contribution in [0.1, 0.15) is 10.4 Å². The Bertz CT molecular complexity index is 554. The van der Waals surface area contributed by atoms with Crippen molar-refractivity contribution in [2.24, 2.45) is 0 Å². The van der Waals surface area contributed by atoms with Gasteiger partial charge in [0.15, 0.2) is 5.78 Å². The number of hydrogen-bond donors (Lipinski definition) is 0. The van der Waals surface area contributed by atoms with Crippen LogP contribution in [0, 0.1) is 0 Å². The molecule has 0 bridgehead atoms. The van der Waals surface area contributed by atoms with Gasteiger partial charge in [-0.25, -0.2) is 0 Å². The molecule has 0 fully saturated rings. The summed E-state index contributed by atoms with van der Waals surface area (Å²) in [7, 11) is 0. The minimum atomic E-state index is 0.104. The molecule has 0 amide bonds. The lowest BCUT2D eigenvalue weighted by molar-refractivity contribution is 0.102. The number of Topliss-reactive ketones (excluding diaryl/α,β-unsaturated/α-hetero) is 1. The Morgan fingerprint density at radius 1 is 1.11 bits per heavy atom. The highest BCUT2D eigenvalue weighted by atomic mass is 79.9. The highest BCUT2D eigenvalue weighted by Gasteiger charge is 2.07. The van der Waals surface area contributed by atoms with Gasteiger partial charge in [0.2, 0.25) is 0 Å². The molecule has 0 saturated carbocycles. The number of ketones is 1. The van der Waals surface area contributed by atoms with Gasteiger partial charge in [-0.1, -0.05) is 51.8 Å². The molecule has 0 heterocycles. The van der Waals surface area contributed by atoms with Gasteiger partial charge in [-0.3, -0.25) is 4.79 Å². The zero-order chi connectivity index (χ0) is 13.0. The molecule has 2 rings (SSSR count). The number of carbonyl (C=O) groups excluding carboxylic acids is 1. The van der Waals surface area contributed by atoms with E-state index in [2.05, 4.69) is 15.9 Å². The smallest absolute Gasteiger partial charge is 0.173 e. The Hall–Kier alpha value is -0.770. The second kappa shape index (κ2) is 6.41. The summed E-state index contributed by atoms with van der Waals surface area (Å²) in [5.41, 5.74) is 0.720. The van der Waals surface area contributed by atoms with E-state index in [4.69, 9.17) is 11.6 Å². The van der Waals surface area contributed by atoms with Gasteiger partial charge in [-0.05, 0) is 24.3 Å². The molecule has 2 aromatic carbocycles. The van der Waals surface area contributed by atoms with E-state index >= 15 is 0 Å². The number of rotatable bonds is 4. The van der Waals surface area contributed by atoms with Gasteiger partial charge in [-0.2, -0.15) is 0 Å². The fourth-order valence-corrected chi connectivity index (χ4v) is 2.82. The molecule has 0 aliphatic rings. The van der Waals surface area contributed by atoms with E-state index < -0.39 is 0 Å². The highest BCUT2D eigenvalue weighted by Crippen LogP contribution is 2.27. The molecule has 0 saturated heterocycles. The Morgan fingerprint density at radius 2 is 1.78 bits per heavy atom. The average molecular weight is 342 g/mol. The molecular weight excluding hydrogens is 332 g/mol. The summed E-state index contributed by atoms with van der Waals surface area (Å²) < 4.78 is 0.970. The fourth-order valence-electron chi connectivity index (χ4n) is 1.42. The molecule has 0 N–H and O–H groups in total. The van der Waals surface area contributed by atoms with Gasteiger partial charge in [-0.15, -0.1) is 11.8 Å². The van der Waals surface area contributed by atoms with Crippen molar-refractivity contribution in [1.29, 1.82) is 0 Å². The maximum absolute atomic E-state index is 12.0. The first-order valence-corrected chi connectivity index (χ1v) is 7.48. The van der Waals surface area contributed by atoms with Gasteiger partial charge >= 0.3 is 0 Å². The van der Waals surface area contributed by atoms with Gasteiger partial charge < -0.3 is 0 Å². The average Bonchev–Trinajstić information content (AvgIpc) is 2.38. The number of halogens is 2. The van der Waals surface area contributed by atoms with Crippen LogP contribution in [0.25, 0.3) is 0 Å². The monoisotopic (exact) mass is 340 g/mol. The Morgan fingerprint density at radius 3 is 2.44 bits per heavy atom. The lowest BCUT2D eigenvalue weighted by Gasteiger charge is -2.03. The summed E-state index contributed by atoms with van der Waals surface area (Å²) in [6.45, 7) is 0. The van der Waals surface area contributed by atoms with Gasteiger partial charge in [0.25, 0.3) is 0 Å². The molecule has 92 valence electrons. The third-order valence-corrected chi connectivity index (χ3v) is 4.41. The van der Waals surface area contributed by atoms with E-state index in [0.717, 1.165) is 14.9 Å². The van der Waals surface area contributed by atoms with Crippen molar-refractivity contribution in [3.8, 4) is 0 Å². The van der Waals surface area contributed by atoms with Gasteiger partial charge in [0, 0.05) is 14.9 Å². The summed E-state index contributed by atoms with van der Waals surface area (Å²) in [4.78, 5) is 12.9. The van der Waals surface area contributed by atoms with Crippen LogP contribution < -0.4 is 0 Å². The van der Waals surface area contributed by atoms with Crippen LogP contribution in [0.3, 0.4) is 0 Å². The zero-order valence-electron chi connectivity index (χ0n) is 9.40. The predicted molar refractivity (Wildman–Crippen MR) is 80.6 cm³/mol. The SMILES string of the molecule is O=C(CSc1ccccc1Cl)c1ccc(Br)cc1. The van der Waals surface area contributed by atoms with Gasteiger partial charge in [0.05, 0.1) is 10.8 Å². The van der Waals surface area contributed by atoms with Crippen molar-refractivity contribution in [3.63, 3.8) is 0 Å². The van der Waals surface area contributed by atoms with Crippen LogP contribution >= 0.6 is 39.3 Å². The van der Waals surface area contributed by atoms with E-state index in [1.54, 1.807) is 0 Å². The van der Waals surface area contributed by atoms with E-state index in [0.29, 0.717) is 10.8 Å². The number of carbonyl (C=O) groups is 1. The molecule has 0 atom stereocenters. The summed E-state index contributed by atoms with van der Waals surface area (Å²) in [6, 6.07) is 14.9. The van der Waals surface area contributed by atoms with Crippen LogP contribution in [0.15, 0.2) is 57.9 Å². The van der Waals surface area contributed by atoms with Crippen LogP contribution in [0.2, 0.25) is 5.02 Å². The predicted octanol–water partition coefficient (Wildman–Crippen LogP) is 5.08. The molecule has 18 heavy (non-hydrogen) atoms. The second-order valence-electron chi connectivity index (χ2n) is 3.65. The molecule has 4 heteroatoms. The highest BCUT2D eigenvalue weighted by molar-refractivity contribution is 9.10. The van der Waals surface area contributed by atoms with Crippen LogP contribution in [0.5, 0.6) is 0 Å². The first-order chi connectivity index (χ1) is 8.66. The maximum atomic E-state index is 12.0. The first-order valence-electron chi connectivity index (χ1n) is 5.33. The fraction of sp³-hybridized carbons (Fsp3) is 0.0714. The van der Waals surface area contributed by atoms with Crippen molar-refractivity contribution in [2.45, 2.75) is 4.90 Å². The van der Waals surface area contributed by atoms with Crippen molar-refractivity contribution >= 4 is 45.1 Å². The largest absolute Gasteiger partial charge is 0.293 e. The normalized spacial score (nSPS) is 10.3. The summed E-state index contributed by atoms with van der Waals surface area (Å²) in [6.07, 6.45) is 0. The first kappa shape index (κ1) is 13.7. The molecule has 0 spiro atoms. The molecule has 0 aliphatic heterocycles. The van der Waals surface area contributed by atoms with Crippen molar-refractivity contribution in [3.05, 3.63) is 63.6 Å². The lowest BCUT2D eigenvalue weighted by atomic mass is 10.2. The van der Waals surface area contributed by atoms with Crippen LogP contribution in [-0.4, -0.2) is 11.5 Å². The maximum Gasteiger partial charge on any atom is 0.173 e. The summed E-state index contributed by atoms with van der Waals surface area (Å²) in [5.74, 6) is 0.498. The zero-order valence-corrected chi connectivity index (χ0v) is 12.6. The minimum Gasteiger partial charge on any atom is -0.293 e. The van der Waals surface area contributed by atoms with Gasteiger partial charge in [0.1, 0.15) is 0 Å². The summed E-state index contributed by atoms with van der Waals surface area (Å²) in [5, 5.41) is 0.686. The van der Waals surface area contributed by atoms with E-state index in [-0.39, 0.29) is 5.78 Å². The third kappa shape index (κ3) is 3.61. The van der Waals surface area contributed by atoms with Crippen molar-refractivity contribution in [2.75, 3.05) is 5.75 Å². The third-order valence-electron chi connectivity index (χ3n) is 2.36. The molecule has 0 radical (unpaired) electrons. The minimum absolute atomic E-state index is 0.104. The topological polar surface area (TPSA) is 17.1 Å². The summed E-state index contributed by atoms with van der Waals surface area (Å²) >= 11 is 10.8. The molecule has 0 aromatic heterocycles. The number of thioether (sulfide) groups is 1. The Labute approximate surface area is 124 Å². The van der Waals surface area contributed by atoms with E-state index in [9.17, 15) is 4.79 Å². The van der Waals surface area contributed by atoms with Crippen molar-refractivity contribution in [1.82, 2.24) is 0 Å². The van der Waals surface area contributed by atoms with Crippen LogP contribution in [-0.2, 0) is 0 Å². The molecule has 2 aromatic rings. The quantitative estimate of drug-likeness (QED) is 0.570. The van der Waals surface area contributed by atoms with Crippen LogP contribution in [0.4, 0.5) is 0 Å².